The first-order valence-electron chi connectivity index (χ1n) is 14.7. The maximum Gasteiger partial charge on any atom is 0.323 e. The summed E-state index contributed by atoms with van der Waals surface area (Å²) >= 11 is 8.03. The molecule has 3 rings (SSSR count). The molecule has 1 aliphatic rings. The molecule has 5 nitrogen and oxygen atoms in total. The zero-order valence-corrected chi connectivity index (χ0v) is 25.3. The molecule has 0 saturated heterocycles. The van der Waals surface area contributed by atoms with Gasteiger partial charge in [-0.15, -0.1) is 11.8 Å². The third-order valence-electron chi connectivity index (χ3n) is 6.99. The summed E-state index contributed by atoms with van der Waals surface area (Å²) in [6.07, 6.45) is 15.7. The number of anilines is 2. The zero-order chi connectivity index (χ0) is 27.7. The Morgan fingerprint density at radius 1 is 0.923 bits per heavy atom. The molecule has 0 unspecified atom stereocenters. The summed E-state index contributed by atoms with van der Waals surface area (Å²) in [4.78, 5) is 15.1. The predicted octanol–water partition coefficient (Wildman–Crippen LogP) is 10.4. The average molecular weight is 572 g/mol. The summed E-state index contributed by atoms with van der Waals surface area (Å²) in [6.45, 7) is 5.82. The van der Waals surface area contributed by atoms with Crippen LogP contribution in [-0.2, 0) is 6.54 Å². The SMILES string of the molecule is CCCCCCCCCCCCCCOc1cc(Cl)ccc1NC(=O)Nc1cccc(CN2CSC=C2C)c1. The van der Waals surface area contributed by atoms with E-state index in [4.69, 9.17) is 16.3 Å². The standard InChI is InChI=1S/C32H46ClN3O2S/c1-3-4-5-6-7-8-9-10-11-12-13-14-20-38-31-22-28(33)18-19-30(31)35-32(37)34-29-17-15-16-27(21-29)23-36-25-39-24-26(36)2/h15-19,21-22,24H,3-14,20,23,25H2,1-2H3,(H2,34,35,37). The number of nitrogens with zero attached hydrogens (tertiary/aromatic N) is 1. The molecule has 0 saturated carbocycles. The van der Waals surface area contributed by atoms with Gasteiger partial charge in [0.1, 0.15) is 5.75 Å². The Balaban J connectivity index is 1.36. The van der Waals surface area contributed by atoms with E-state index in [9.17, 15) is 4.79 Å². The molecule has 2 aromatic carbocycles. The molecule has 0 aliphatic carbocycles. The van der Waals surface area contributed by atoms with Crippen LogP contribution in [0.5, 0.6) is 5.75 Å². The van der Waals surface area contributed by atoms with Crippen LogP contribution in [0.15, 0.2) is 53.6 Å². The molecular weight excluding hydrogens is 526 g/mol. The van der Waals surface area contributed by atoms with Gasteiger partial charge in [0.15, 0.2) is 0 Å². The van der Waals surface area contributed by atoms with Gasteiger partial charge in [0.05, 0.1) is 18.2 Å². The van der Waals surface area contributed by atoms with Gasteiger partial charge in [-0.1, -0.05) is 101 Å². The molecule has 7 heteroatoms. The number of ether oxygens (including phenoxy) is 1. The zero-order valence-electron chi connectivity index (χ0n) is 23.8. The van der Waals surface area contributed by atoms with Gasteiger partial charge in [0.2, 0.25) is 0 Å². The number of allylic oxidation sites excluding steroid dienone is 1. The summed E-state index contributed by atoms with van der Waals surface area (Å²) in [5.41, 5.74) is 3.80. The van der Waals surface area contributed by atoms with Crippen molar-refractivity contribution in [3.05, 3.63) is 64.2 Å². The molecule has 1 aliphatic heterocycles. The number of carbonyl (C=O) groups excluding carboxylic acids is 1. The van der Waals surface area contributed by atoms with Crippen molar-refractivity contribution in [3.63, 3.8) is 0 Å². The van der Waals surface area contributed by atoms with Crippen molar-refractivity contribution in [3.8, 4) is 5.75 Å². The third-order valence-corrected chi connectivity index (χ3v) is 8.19. The highest BCUT2D eigenvalue weighted by Gasteiger charge is 2.13. The molecule has 2 aromatic rings. The fourth-order valence-corrected chi connectivity index (χ4v) is 5.79. The molecule has 0 spiro atoms. The lowest BCUT2D eigenvalue weighted by atomic mass is 10.1. The second kappa shape index (κ2) is 18.1. The van der Waals surface area contributed by atoms with Crippen LogP contribution in [0.2, 0.25) is 5.02 Å². The topological polar surface area (TPSA) is 53.6 Å². The maximum atomic E-state index is 12.8. The number of amides is 2. The van der Waals surface area contributed by atoms with E-state index >= 15 is 0 Å². The predicted molar refractivity (Wildman–Crippen MR) is 169 cm³/mol. The minimum absolute atomic E-state index is 0.308. The van der Waals surface area contributed by atoms with Crippen LogP contribution >= 0.6 is 23.4 Å². The van der Waals surface area contributed by atoms with Crippen molar-refractivity contribution in [2.45, 2.75) is 97.4 Å². The Kier molecular flexibility index (Phi) is 14.5. The van der Waals surface area contributed by atoms with E-state index in [-0.39, 0.29) is 6.03 Å². The van der Waals surface area contributed by atoms with E-state index in [2.05, 4.69) is 40.9 Å². The van der Waals surface area contributed by atoms with E-state index in [0.717, 1.165) is 36.5 Å². The van der Waals surface area contributed by atoms with Gasteiger partial charge in [-0.2, -0.15) is 0 Å². The highest BCUT2D eigenvalue weighted by atomic mass is 35.5. The van der Waals surface area contributed by atoms with Gasteiger partial charge in [0.25, 0.3) is 0 Å². The Labute approximate surface area is 245 Å². The first kappa shape index (κ1) is 31.2. The fraction of sp³-hybridized carbons (Fsp3) is 0.531. The number of halogens is 1. The maximum absolute atomic E-state index is 12.8. The summed E-state index contributed by atoms with van der Waals surface area (Å²) in [5, 5.41) is 8.64. The first-order chi connectivity index (χ1) is 19.0. The lowest BCUT2D eigenvalue weighted by Crippen LogP contribution is -2.20. The van der Waals surface area contributed by atoms with Crippen LogP contribution in [-0.4, -0.2) is 23.4 Å². The monoisotopic (exact) mass is 571 g/mol. The number of urea groups is 1. The van der Waals surface area contributed by atoms with Gasteiger partial charge >= 0.3 is 6.03 Å². The lowest BCUT2D eigenvalue weighted by molar-refractivity contribution is 0.261. The molecule has 0 bridgehead atoms. The van der Waals surface area contributed by atoms with E-state index in [1.165, 1.54) is 69.9 Å². The van der Waals surface area contributed by atoms with Gasteiger partial charge in [0, 0.05) is 29.0 Å². The minimum atomic E-state index is -0.308. The number of unbranched alkanes of at least 4 members (excludes halogenated alkanes) is 11. The van der Waals surface area contributed by atoms with Crippen molar-refractivity contribution < 1.29 is 9.53 Å². The molecule has 0 aromatic heterocycles. The van der Waals surface area contributed by atoms with Crippen LogP contribution in [0.1, 0.15) is 96.5 Å². The molecule has 0 radical (unpaired) electrons. The van der Waals surface area contributed by atoms with Crippen LogP contribution in [0.3, 0.4) is 0 Å². The van der Waals surface area contributed by atoms with E-state index in [1.54, 1.807) is 30.0 Å². The summed E-state index contributed by atoms with van der Waals surface area (Å²) in [5.74, 6) is 1.56. The van der Waals surface area contributed by atoms with Crippen molar-refractivity contribution in [2.24, 2.45) is 0 Å². The molecule has 39 heavy (non-hydrogen) atoms. The minimum Gasteiger partial charge on any atom is -0.491 e. The largest absolute Gasteiger partial charge is 0.491 e. The average Bonchev–Trinajstić information content (AvgIpc) is 3.32. The number of hydrogen-bond acceptors (Lipinski definition) is 4. The van der Waals surface area contributed by atoms with Gasteiger partial charge < -0.3 is 20.3 Å². The van der Waals surface area contributed by atoms with Crippen molar-refractivity contribution in [1.82, 2.24) is 4.90 Å². The normalized spacial score (nSPS) is 12.9. The van der Waals surface area contributed by atoms with Crippen molar-refractivity contribution in [2.75, 3.05) is 23.1 Å². The van der Waals surface area contributed by atoms with Crippen LogP contribution in [0.4, 0.5) is 16.2 Å². The molecule has 214 valence electrons. The number of thioether (sulfide) groups is 1. The van der Waals surface area contributed by atoms with Gasteiger partial charge in [-0.3, -0.25) is 0 Å². The van der Waals surface area contributed by atoms with Gasteiger partial charge in [-0.25, -0.2) is 4.79 Å². The smallest absolute Gasteiger partial charge is 0.323 e. The lowest BCUT2D eigenvalue weighted by Gasteiger charge is -2.19. The Morgan fingerprint density at radius 3 is 2.28 bits per heavy atom. The van der Waals surface area contributed by atoms with Crippen LogP contribution < -0.4 is 15.4 Å². The molecule has 2 N–H and O–H groups in total. The molecule has 0 atom stereocenters. The second-order valence-corrected chi connectivity index (χ2v) is 11.7. The number of nitrogens with one attached hydrogen (secondary N) is 2. The highest BCUT2D eigenvalue weighted by Crippen LogP contribution is 2.29. The number of rotatable bonds is 18. The Hall–Kier alpha value is -2.31. The van der Waals surface area contributed by atoms with Gasteiger partial charge in [-0.05, 0) is 48.6 Å². The molecular formula is C32H46ClN3O2S. The van der Waals surface area contributed by atoms with E-state index in [1.807, 2.05) is 18.2 Å². The quantitative estimate of drug-likeness (QED) is 0.175. The number of hydrogen-bond donors (Lipinski definition) is 2. The van der Waals surface area contributed by atoms with Crippen LogP contribution in [0, 0.1) is 0 Å². The Bertz CT molecular complexity index is 1050. The summed E-state index contributed by atoms with van der Waals surface area (Å²) in [7, 11) is 0. The molecule has 2 amide bonds. The first-order valence-corrected chi connectivity index (χ1v) is 16.1. The second-order valence-electron chi connectivity index (χ2n) is 10.4. The Morgan fingerprint density at radius 2 is 1.62 bits per heavy atom. The number of benzene rings is 2. The fourth-order valence-electron chi connectivity index (χ4n) is 4.69. The third kappa shape index (κ3) is 12.2. The molecule has 1 heterocycles. The number of carbonyl (C=O) groups is 1. The summed E-state index contributed by atoms with van der Waals surface area (Å²) < 4.78 is 6.02. The van der Waals surface area contributed by atoms with Crippen molar-refractivity contribution in [1.29, 1.82) is 0 Å². The van der Waals surface area contributed by atoms with Crippen molar-refractivity contribution >= 4 is 40.8 Å². The highest BCUT2D eigenvalue weighted by molar-refractivity contribution is 8.02. The van der Waals surface area contributed by atoms with E-state index < -0.39 is 0 Å². The molecule has 0 fully saturated rings. The van der Waals surface area contributed by atoms with Crippen LogP contribution in [0.25, 0.3) is 0 Å². The summed E-state index contributed by atoms with van der Waals surface area (Å²) in [6, 6.07) is 13.0. The van der Waals surface area contributed by atoms with E-state index in [0.29, 0.717) is 23.1 Å².